The highest BCUT2D eigenvalue weighted by atomic mass is 35.5. The first-order chi connectivity index (χ1) is 6.69. The molecule has 0 aliphatic heterocycles. The lowest BCUT2D eigenvalue weighted by molar-refractivity contribution is 0.324. The molecule has 0 fully saturated rings. The summed E-state index contributed by atoms with van der Waals surface area (Å²) in [5, 5.41) is 3.87. The van der Waals surface area contributed by atoms with Gasteiger partial charge in [-0.2, -0.15) is 0 Å². The number of rotatable bonds is 5. The average Bonchev–Trinajstić information content (AvgIpc) is 2.60. The summed E-state index contributed by atoms with van der Waals surface area (Å²) in [7, 11) is 0. The molecular weight excluding hydrogens is 198 g/mol. The Labute approximate surface area is 90.6 Å². The Bertz CT molecular complexity index is 272. The van der Waals surface area contributed by atoms with Crippen molar-refractivity contribution in [2.45, 2.75) is 33.2 Å². The van der Waals surface area contributed by atoms with Crippen molar-refractivity contribution in [3.05, 3.63) is 23.1 Å². The third-order valence-electron chi connectivity index (χ3n) is 2.54. The molecule has 1 heterocycles. The van der Waals surface area contributed by atoms with Crippen molar-refractivity contribution < 1.29 is 4.42 Å². The molecule has 0 bridgehead atoms. The largest absolute Gasteiger partial charge is 0.448 e. The van der Waals surface area contributed by atoms with Gasteiger partial charge in [0.2, 0.25) is 0 Å². The van der Waals surface area contributed by atoms with Gasteiger partial charge in [0.15, 0.2) is 5.22 Å². The molecule has 80 valence electrons. The standard InChI is InChI=1S/C11H18ClNO/c1-4-8(3)11(13-5-2)9-6-7-10(12)14-9/h6-8,11,13H,4-5H2,1-3H3. The van der Waals surface area contributed by atoms with Gasteiger partial charge in [0.1, 0.15) is 5.76 Å². The fourth-order valence-electron chi connectivity index (χ4n) is 1.53. The summed E-state index contributed by atoms with van der Waals surface area (Å²) in [6, 6.07) is 4.02. The molecule has 1 aromatic rings. The van der Waals surface area contributed by atoms with Crippen LogP contribution in [0.5, 0.6) is 0 Å². The molecule has 1 N–H and O–H groups in total. The minimum atomic E-state index is 0.275. The van der Waals surface area contributed by atoms with E-state index < -0.39 is 0 Å². The van der Waals surface area contributed by atoms with Crippen molar-refractivity contribution >= 4 is 11.6 Å². The monoisotopic (exact) mass is 215 g/mol. The van der Waals surface area contributed by atoms with Gasteiger partial charge in [-0.3, -0.25) is 0 Å². The number of furan rings is 1. The molecule has 0 amide bonds. The van der Waals surface area contributed by atoms with Crippen LogP contribution < -0.4 is 5.32 Å². The lowest BCUT2D eigenvalue weighted by atomic mass is 9.97. The van der Waals surface area contributed by atoms with Gasteiger partial charge in [0.25, 0.3) is 0 Å². The summed E-state index contributed by atoms with van der Waals surface area (Å²) in [6.07, 6.45) is 1.12. The first-order valence-corrected chi connectivity index (χ1v) is 5.55. The van der Waals surface area contributed by atoms with Gasteiger partial charge >= 0.3 is 0 Å². The van der Waals surface area contributed by atoms with E-state index in [4.69, 9.17) is 16.0 Å². The summed E-state index contributed by atoms with van der Waals surface area (Å²) < 4.78 is 5.42. The van der Waals surface area contributed by atoms with Crippen LogP contribution in [0, 0.1) is 5.92 Å². The van der Waals surface area contributed by atoms with Crippen LogP contribution in [0.1, 0.15) is 39.0 Å². The van der Waals surface area contributed by atoms with Crippen molar-refractivity contribution in [1.29, 1.82) is 0 Å². The minimum Gasteiger partial charge on any atom is -0.448 e. The minimum absolute atomic E-state index is 0.275. The van der Waals surface area contributed by atoms with Crippen molar-refractivity contribution in [2.24, 2.45) is 5.92 Å². The maximum Gasteiger partial charge on any atom is 0.193 e. The van der Waals surface area contributed by atoms with Crippen LogP contribution in [0.4, 0.5) is 0 Å². The third kappa shape index (κ3) is 2.76. The Morgan fingerprint density at radius 3 is 2.57 bits per heavy atom. The zero-order valence-corrected chi connectivity index (χ0v) is 9.77. The number of halogens is 1. The fourth-order valence-corrected chi connectivity index (χ4v) is 1.69. The number of nitrogens with one attached hydrogen (secondary N) is 1. The van der Waals surface area contributed by atoms with E-state index in [1.807, 2.05) is 6.07 Å². The molecule has 14 heavy (non-hydrogen) atoms. The van der Waals surface area contributed by atoms with E-state index >= 15 is 0 Å². The first kappa shape index (κ1) is 11.6. The molecule has 0 saturated carbocycles. The van der Waals surface area contributed by atoms with Gasteiger partial charge in [0, 0.05) is 0 Å². The molecule has 2 atom stereocenters. The second-order valence-corrected chi connectivity index (χ2v) is 3.94. The molecule has 1 aromatic heterocycles. The Morgan fingerprint density at radius 1 is 1.43 bits per heavy atom. The fraction of sp³-hybridized carbons (Fsp3) is 0.636. The average molecular weight is 216 g/mol. The third-order valence-corrected chi connectivity index (χ3v) is 2.74. The molecule has 0 saturated heterocycles. The Balaban J connectivity index is 2.76. The van der Waals surface area contributed by atoms with Gasteiger partial charge in [-0.15, -0.1) is 0 Å². The van der Waals surface area contributed by atoms with Crippen LogP contribution in [0.15, 0.2) is 16.5 Å². The maximum absolute atomic E-state index is 5.76. The quantitative estimate of drug-likeness (QED) is 0.812. The van der Waals surface area contributed by atoms with Crippen molar-refractivity contribution in [3.8, 4) is 0 Å². The normalized spacial score (nSPS) is 15.4. The van der Waals surface area contributed by atoms with Crippen LogP contribution in [-0.2, 0) is 0 Å². The van der Waals surface area contributed by atoms with E-state index in [0.717, 1.165) is 18.7 Å². The summed E-state index contributed by atoms with van der Waals surface area (Å²) in [5.74, 6) is 1.49. The highest BCUT2D eigenvalue weighted by Crippen LogP contribution is 2.27. The Kier molecular flexibility index (Phi) is 4.49. The zero-order chi connectivity index (χ0) is 10.6. The predicted octanol–water partition coefficient (Wildman–Crippen LogP) is 3.63. The van der Waals surface area contributed by atoms with E-state index in [2.05, 4.69) is 26.1 Å². The molecule has 3 heteroatoms. The lowest BCUT2D eigenvalue weighted by Crippen LogP contribution is -2.26. The first-order valence-electron chi connectivity index (χ1n) is 5.17. The summed E-state index contributed by atoms with van der Waals surface area (Å²) >= 11 is 5.76. The molecule has 1 rings (SSSR count). The van der Waals surface area contributed by atoms with Gasteiger partial charge < -0.3 is 9.73 Å². The number of hydrogen-bond acceptors (Lipinski definition) is 2. The highest BCUT2D eigenvalue weighted by Gasteiger charge is 2.19. The summed E-state index contributed by atoms with van der Waals surface area (Å²) in [5.41, 5.74) is 0. The van der Waals surface area contributed by atoms with Crippen LogP contribution in [0.3, 0.4) is 0 Å². The van der Waals surface area contributed by atoms with E-state index in [9.17, 15) is 0 Å². The van der Waals surface area contributed by atoms with E-state index in [-0.39, 0.29) is 6.04 Å². The summed E-state index contributed by atoms with van der Waals surface area (Å²) in [4.78, 5) is 0. The summed E-state index contributed by atoms with van der Waals surface area (Å²) in [6.45, 7) is 7.43. The highest BCUT2D eigenvalue weighted by molar-refractivity contribution is 6.28. The van der Waals surface area contributed by atoms with Crippen LogP contribution in [-0.4, -0.2) is 6.54 Å². The second kappa shape index (κ2) is 5.42. The van der Waals surface area contributed by atoms with Crippen molar-refractivity contribution in [1.82, 2.24) is 5.32 Å². The Hall–Kier alpha value is -0.470. The molecule has 0 radical (unpaired) electrons. The van der Waals surface area contributed by atoms with Crippen LogP contribution in [0.2, 0.25) is 5.22 Å². The van der Waals surface area contributed by atoms with Crippen LogP contribution >= 0.6 is 11.6 Å². The Morgan fingerprint density at radius 2 is 2.14 bits per heavy atom. The van der Waals surface area contributed by atoms with Crippen molar-refractivity contribution in [3.63, 3.8) is 0 Å². The van der Waals surface area contributed by atoms with Crippen molar-refractivity contribution in [2.75, 3.05) is 6.54 Å². The van der Waals surface area contributed by atoms with E-state index in [1.54, 1.807) is 6.07 Å². The second-order valence-electron chi connectivity index (χ2n) is 3.56. The smallest absolute Gasteiger partial charge is 0.193 e. The predicted molar refractivity (Wildman–Crippen MR) is 59.6 cm³/mol. The zero-order valence-electron chi connectivity index (χ0n) is 9.01. The van der Waals surface area contributed by atoms with Gasteiger partial charge in [-0.25, -0.2) is 0 Å². The SMILES string of the molecule is CCNC(c1ccc(Cl)o1)C(C)CC. The van der Waals surface area contributed by atoms with Gasteiger partial charge in [-0.1, -0.05) is 27.2 Å². The number of hydrogen-bond donors (Lipinski definition) is 1. The molecule has 0 aliphatic carbocycles. The molecular formula is C11H18ClNO. The maximum atomic E-state index is 5.76. The molecule has 0 aromatic carbocycles. The molecule has 2 nitrogen and oxygen atoms in total. The van der Waals surface area contributed by atoms with E-state index in [1.165, 1.54) is 0 Å². The van der Waals surface area contributed by atoms with E-state index in [0.29, 0.717) is 11.1 Å². The molecule has 0 spiro atoms. The van der Waals surface area contributed by atoms with Gasteiger partial charge in [-0.05, 0) is 36.2 Å². The molecule has 0 aliphatic rings. The molecule has 2 unspecified atom stereocenters. The van der Waals surface area contributed by atoms with Crippen LogP contribution in [0.25, 0.3) is 0 Å². The topological polar surface area (TPSA) is 25.2 Å². The lowest BCUT2D eigenvalue weighted by Gasteiger charge is -2.21. The van der Waals surface area contributed by atoms with Gasteiger partial charge in [0.05, 0.1) is 6.04 Å².